The van der Waals surface area contributed by atoms with Crippen LogP contribution in [0.4, 0.5) is 0 Å². The Morgan fingerprint density at radius 3 is 1.26 bits per heavy atom. The molecule has 8 aliphatic carbocycles. The summed E-state index contributed by atoms with van der Waals surface area (Å²) in [5, 5.41) is 53.0. The van der Waals surface area contributed by atoms with Gasteiger partial charge in [0, 0.05) is 34.1 Å². The average molecular weight is 629 g/mol. The Morgan fingerprint density at radius 1 is 0.605 bits per heavy atom. The molecule has 230 valence electrons. The molecule has 0 amide bonds. The van der Waals surface area contributed by atoms with Crippen molar-refractivity contribution in [2.24, 2.45) is 40.7 Å². The van der Waals surface area contributed by atoms with E-state index in [1.165, 1.54) is 50.7 Å². The largest absolute Gasteiger partial charge is 0.507 e. The van der Waals surface area contributed by atoms with E-state index in [2.05, 4.69) is 5.16 Å². The van der Waals surface area contributed by atoms with Crippen LogP contribution in [0.2, 0.25) is 10.0 Å². The van der Waals surface area contributed by atoms with Gasteiger partial charge >= 0.3 is 0 Å². The zero-order valence-corrected chi connectivity index (χ0v) is 25.6. The monoisotopic (exact) mass is 627 g/mol. The van der Waals surface area contributed by atoms with Crippen molar-refractivity contribution in [2.75, 3.05) is 0 Å². The number of aldehydes is 1. The lowest BCUT2D eigenvalue weighted by Crippen LogP contribution is -2.48. The van der Waals surface area contributed by atoms with Crippen molar-refractivity contribution in [2.45, 2.75) is 87.9 Å². The Balaban J connectivity index is 0.000000140. The number of nitrogens with zero attached hydrogens (tertiary/aromatic N) is 1. The van der Waals surface area contributed by atoms with E-state index in [0.717, 1.165) is 85.8 Å². The van der Waals surface area contributed by atoms with E-state index in [1.807, 2.05) is 0 Å². The number of benzene rings is 2. The molecule has 0 aliphatic heterocycles. The van der Waals surface area contributed by atoms with E-state index in [-0.39, 0.29) is 50.0 Å². The number of carbonyl (C=O) groups excluding carboxylic acids is 1. The van der Waals surface area contributed by atoms with Gasteiger partial charge in [-0.3, -0.25) is 4.79 Å². The van der Waals surface area contributed by atoms with Gasteiger partial charge < -0.3 is 25.6 Å². The quantitative estimate of drug-likeness (QED) is 0.101. The van der Waals surface area contributed by atoms with Gasteiger partial charge in [0.05, 0.1) is 27.4 Å². The van der Waals surface area contributed by atoms with Crippen molar-refractivity contribution in [3.05, 3.63) is 44.4 Å². The van der Waals surface area contributed by atoms with E-state index in [9.17, 15) is 25.2 Å². The fourth-order valence-corrected chi connectivity index (χ4v) is 12.3. The molecule has 5 N–H and O–H groups in total. The summed E-state index contributed by atoms with van der Waals surface area (Å²) in [7, 11) is 0. The van der Waals surface area contributed by atoms with Crippen LogP contribution in [0.25, 0.3) is 0 Å². The first kappa shape index (κ1) is 29.1. The van der Waals surface area contributed by atoms with Crippen molar-refractivity contribution < 1.29 is 30.4 Å². The second-order valence-corrected chi connectivity index (χ2v) is 15.5. The number of phenols is 4. The van der Waals surface area contributed by atoms with Gasteiger partial charge in [-0.05, 0) is 113 Å². The highest BCUT2D eigenvalue weighted by Crippen LogP contribution is 2.64. The molecule has 0 spiro atoms. The molecular weight excluding hydrogens is 589 g/mol. The SMILES string of the molecule is O=Cc1c(O)cc(O)c(C23CC4CC(CC(C4)C2)C3)c1Cl.ON=Cc1c(O)cc(O)c(C23CC4CC(CC(C4)C2)C3)c1Cl. The van der Waals surface area contributed by atoms with E-state index in [0.29, 0.717) is 16.9 Å². The maximum Gasteiger partial charge on any atom is 0.155 e. The van der Waals surface area contributed by atoms with Crippen LogP contribution in [0.3, 0.4) is 0 Å². The summed E-state index contributed by atoms with van der Waals surface area (Å²) < 4.78 is 0. The first-order valence-electron chi connectivity index (χ1n) is 15.7. The van der Waals surface area contributed by atoms with Gasteiger partial charge in [-0.25, -0.2) is 0 Å². The number of aromatic hydroxyl groups is 4. The lowest BCUT2D eigenvalue weighted by molar-refractivity contribution is -0.00627. The minimum atomic E-state index is -0.235. The molecule has 0 atom stereocenters. The lowest BCUT2D eigenvalue weighted by Gasteiger charge is -2.57. The third-order valence-electron chi connectivity index (χ3n) is 12.0. The van der Waals surface area contributed by atoms with Crippen LogP contribution in [0.15, 0.2) is 17.3 Å². The Labute approximate surface area is 261 Å². The highest BCUT2D eigenvalue weighted by molar-refractivity contribution is 6.35. The van der Waals surface area contributed by atoms with E-state index < -0.39 is 0 Å². The predicted molar refractivity (Wildman–Crippen MR) is 164 cm³/mol. The second-order valence-electron chi connectivity index (χ2n) is 14.8. The highest BCUT2D eigenvalue weighted by Gasteiger charge is 2.54. The molecule has 8 fully saturated rings. The average Bonchev–Trinajstić information content (AvgIpc) is 2.89. The molecule has 2 aromatic rings. The third-order valence-corrected chi connectivity index (χ3v) is 12.7. The number of halogens is 2. The fourth-order valence-electron chi connectivity index (χ4n) is 11.4. The summed E-state index contributed by atoms with van der Waals surface area (Å²) in [6.45, 7) is 0. The van der Waals surface area contributed by atoms with Crippen LogP contribution in [-0.4, -0.2) is 38.1 Å². The van der Waals surface area contributed by atoms with Crippen LogP contribution in [0.1, 0.15) is 104 Å². The summed E-state index contributed by atoms with van der Waals surface area (Å²) in [6, 6.07) is 2.61. The van der Waals surface area contributed by atoms with Crippen LogP contribution >= 0.6 is 23.2 Å². The Kier molecular flexibility index (Phi) is 7.09. The van der Waals surface area contributed by atoms with Crippen molar-refractivity contribution in [1.29, 1.82) is 0 Å². The maximum atomic E-state index is 11.2. The molecule has 0 saturated heterocycles. The van der Waals surface area contributed by atoms with Crippen molar-refractivity contribution in [3.8, 4) is 23.0 Å². The Hall–Kier alpha value is -2.64. The molecule has 8 bridgehead atoms. The highest BCUT2D eigenvalue weighted by atomic mass is 35.5. The smallest absolute Gasteiger partial charge is 0.155 e. The van der Waals surface area contributed by atoms with Crippen molar-refractivity contribution in [1.82, 2.24) is 0 Å². The van der Waals surface area contributed by atoms with Gasteiger partial charge in [0.2, 0.25) is 0 Å². The molecule has 0 unspecified atom stereocenters. The summed E-state index contributed by atoms with van der Waals surface area (Å²) in [6.07, 6.45) is 15.9. The molecule has 0 aromatic heterocycles. The molecular formula is C34H39Cl2NO6. The minimum Gasteiger partial charge on any atom is -0.507 e. The van der Waals surface area contributed by atoms with Gasteiger partial charge in [0.25, 0.3) is 0 Å². The van der Waals surface area contributed by atoms with Gasteiger partial charge in [0.15, 0.2) is 6.29 Å². The lowest BCUT2D eigenvalue weighted by atomic mass is 9.48. The zero-order chi connectivity index (χ0) is 30.3. The molecule has 2 aromatic carbocycles. The van der Waals surface area contributed by atoms with Gasteiger partial charge in [-0.2, -0.15) is 0 Å². The van der Waals surface area contributed by atoms with Crippen LogP contribution < -0.4 is 0 Å². The van der Waals surface area contributed by atoms with Crippen LogP contribution in [0.5, 0.6) is 23.0 Å². The number of hydrogen-bond acceptors (Lipinski definition) is 7. The maximum absolute atomic E-state index is 11.2. The predicted octanol–water partition coefficient (Wildman–Crippen LogP) is 8.06. The summed E-state index contributed by atoms with van der Waals surface area (Å²) in [5.74, 6) is 4.07. The standard InChI is InChI=1S/C17H20ClNO3.C17H19ClO3/c18-16-12(8-19-22)13(20)4-14(21)15(16)17-5-9-1-10(6-17)3-11(2-9)7-17;18-16-12(8-19)13(20)4-14(21)15(16)17-5-9-1-10(6-17)3-11(2-9)7-17/h4,8-11,20-22H,1-3,5-7H2;4,8-11,20-21H,1-3,5-7H2. The molecule has 0 heterocycles. The second kappa shape index (κ2) is 10.5. The van der Waals surface area contributed by atoms with E-state index >= 15 is 0 Å². The van der Waals surface area contributed by atoms with E-state index in [4.69, 9.17) is 28.4 Å². The van der Waals surface area contributed by atoms with Crippen LogP contribution in [-0.2, 0) is 10.8 Å². The molecule has 9 heteroatoms. The summed E-state index contributed by atoms with van der Waals surface area (Å²) in [5.41, 5.74) is 1.68. The number of phenolic OH excluding ortho intramolecular Hbond substituents is 4. The van der Waals surface area contributed by atoms with Crippen molar-refractivity contribution in [3.63, 3.8) is 0 Å². The van der Waals surface area contributed by atoms with E-state index in [1.54, 1.807) is 0 Å². The number of carbonyl (C=O) groups is 1. The third kappa shape index (κ3) is 4.68. The minimum absolute atomic E-state index is 0.0463. The summed E-state index contributed by atoms with van der Waals surface area (Å²) in [4.78, 5) is 11.2. The van der Waals surface area contributed by atoms with Gasteiger partial charge in [-0.1, -0.05) is 28.4 Å². The van der Waals surface area contributed by atoms with Gasteiger partial charge in [0.1, 0.15) is 23.0 Å². The Morgan fingerprint density at radius 2 is 0.930 bits per heavy atom. The normalized spacial score (nSPS) is 36.6. The topological polar surface area (TPSA) is 131 Å². The first-order valence-corrected chi connectivity index (χ1v) is 16.4. The molecule has 0 radical (unpaired) electrons. The number of oxime groups is 1. The first-order chi connectivity index (χ1) is 20.5. The molecule has 10 rings (SSSR count). The van der Waals surface area contributed by atoms with Gasteiger partial charge in [-0.15, -0.1) is 0 Å². The Bertz CT molecular complexity index is 1430. The number of hydrogen-bond donors (Lipinski definition) is 5. The zero-order valence-electron chi connectivity index (χ0n) is 24.1. The number of rotatable bonds is 4. The molecule has 43 heavy (non-hydrogen) atoms. The van der Waals surface area contributed by atoms with Crippen molar-refractivity contribution >= 4 is 35.7 Å². The van der Waals surface area contributed by atoms with Crippen LogP contribution in [0, 0.1) is 35.5 Å². The molecule has 8 saturated carbocycles. The molecule has 7 nitrogen and oxygen atoms in total. The molecule has 8 aliphatic rings. The fraction of sp³-hybridized carbons (Fsp3) is 0.588. The summed E-state index contributed by atoms with van der Waals surface area (Å²) >= 11 is 12.9.